The summed E-state index contributed by atoms with van der Waals surface area (Å²) in [4.78, 5) is 40.7. The molecule has 164 valence electrons. The van der Waals surface area contributed by atoms with E-state index in [9.17, 15) is 14.4 Å². The first-order valence-electron chi connectivity index (χ1n) is 10.9. The van der Waals surface area contributed by atoms with Crippen molar-refractivity contribution >= 4 is 29.1 Å². The highest BCUT2D eigenvalue weighted by Crippen LogP contribution is 2.36. The Balaban J connectivity index is 1.52. The molecule has 0 unspecified atom stereocenters. The topological polar surface area (TPSA) is 78.5 Å². The molecule has 3 amide bonds. The van der Waals surface area contributed by atoms with Gasteiger partial charge in [0.25, 0.3) is 0 Å². The van der Waals surface area contributed by atoms with Gasteiger partial charge in [-0.3, -0.25) is 14.4 Å². The van der Waals surface area contributed by atoms with Crippen LogP contribution in [-0.4, -0.2) is 47.8 Å². The molecule has 1 aromatic heterocycles. The highest BCUT2D eigenvalue weighted by molar-refractivity contribution is 7.13. The summed E-state index contributed by atoms with van der Waals surface area (Å²) < 4.78 is 0. The molecular weight excluding hydrogens is 410 g/mol. The fourth-order valence-electron chi connectivity index (χ4n) is 4.53. The standard InChI is InChI=1S/C24H29N3O3S/c1-16(2)25-23(30)24(11-12-27(15-24)22(29)19-9-10-21(28)26-19)14-17-5-7-18(8-6-17)20-4-3-13-31-20/h3-8,13,16,19H,9-12,14-15H2,1-2H3,(H,25,30)(H,26,28)/t19-,24-/m0/s1. The average Bonchev–Trinajstić information content (AvgIpc) is 3.49. The lowest BCUT2D eigenvalue weighted by Gasteiger charge is -2.30. The molecule has 0 bridgehead atoms. The van der Waals surface area contributed by atoms with Gasteiger partial charge in [-0.1, -0.05) is 30.3 Å². The molecule has 0 spiro atoms. The van der Waals surface area contributed by atoms with Gasteiger partial charge in [0, 0.05) is 30.4 Å². The van der Waals surface area contributed by atoms with Crippen LogP contribution in [0, 0.1) is 5.41 Å². The third-order valence-corrected chi connectivity index (χ3v) is 7.08. The Morgan fingerprint density at radius 1 is 1.26 bits per heavy atom. The highest BCUT2D eigenvalue weighted by atomic mass is 32.1. The number of nitrogens with one attached hydrogen (secondary N) is 2. The molecule has 0 radical (unpaired) electrons. The van der Waals surface area contributed by atoms with E-state index in [0.717, 1.165) is 5.56 Å². The maximum atomic E-state index is 13.3. The molecule has 2 atom stereocenters. The Labute approximate surface area is 187 Å². The summed E-state index contributed by atoms with van der Waals surface area (Å²) in [6, 6.07) is 12.1. The van der Waals surface area contributed by atoms with Crippen LogP contribution in [0.15, 0.2) is 41.8 Å². The van der Waals surface area contributed by atoms with Crippen molar-refractivity contribution in [1.29, 1.82) is 0 Å². The van der Waals surface area contributed by atoms with E-state index in [1.54, 1.807) is 16.2 Å². The number of carbonyl (C=O) groups is 3. The van der Waals surface area contributed by atoms with Crippen LogP contribution in [0.1, 0.15) is 38.7 Å². The lowest BCUT2D eigenvalue weighted by molar-refractivity contribution is -0.135. The minimum absolute atomic E-state index is 0.00408. The summed E-state index contributed by atoms with van der Waals surface area (Å²) in [5.74, 6) is -0.152. The molecule has 2 aromatic rings. The highest BCUT2D eigenvalue weighted by Gasteiger charge is 2.47. The van der Waals surface area contributed by atoms with E-state index < -0.39 is 11.5 Å². The number of benzene rings is 1. The molecule has 1 aromatic carbocycles. The van der Waals surface area contributed by atoms with Crippen molar-refractivity contribution in [3.8, 4) is 10.4 Å². The van der Waals surface area contributed by atoms with Gasteiger partial charge >= 0.3 is 0 Å². The first-order valence-corrected chi connectivity index (χ1v) is 11.8. The number of thiophene rings is 1. The van der Waals surface area contributed by atoms with Crippen molar-refractivity contribution in [2.75, 3.05) is 13.1 Å². The zero-order valence-electron chi connectivity index (χ0n) is 18.0. The predicted molar refractivity (Wildman–Crippen MR) is 122 cm³/mol. The zero-order valence-corrected chi connectivity index (χ0v) is 18.8. The maximum Gasteiger partial charge on any atom is 0.245 e. The molecule has 0 saturated carbocycles. The van der Waals surface area contributed by atoms with E-state index in [2.05, 4.69) is 46.3 Å². The third-order valence-electron chi connectivity index (χ3n) is 6.16. The maximum absolute atomic E-state index is 13.3. The molecule has 31 heavy (non-hydrogen) atoms. The number of rotatable bonds is 6. The van der Waals surface area contributed by atoms with Crippen molar-refractivity contribution in [2.24, 2.45) is 5.41 Å². The number of likely N-dealkylation sites (tertiary alicyclic amines) is 1. The van der Waals surface area contributed by atoms with Crippen molar-refractivity contribution in [3.63, 3.8) is 0 Å². The summed E-state index contributed by atoms with van der Waals surface area (Å²) >= 11 is 1.70. The van der Waals surface area contributed by atoms with Gasteiger partial charge in [-0.2, -0.15) is 0 Å². The van der Waals surface area contributed by atoms with Crippen LogP contribution in [0.5, 0.6) is 0 Å². The Kier molecular flexibility index (Phi) is 6.14. The van der Waals surface area contributed by atoms with Crippen LogP contribution in [0.25, 0.3) is 10.4 Å². The molecule has 7 heteroatoms. The summed E-state index contributed by atoms with van der Waals surface area (Å²) in [6.07, 6.45) is 2.12. The van der Waals surface area contributed by atoms with Crippen LogP contribution in [0.4, 0.5) is 0 Å². The molecule has 2 saturated heterocycles. The minimum Gasteiger partial charge on any atom is -0.353 e. The van der Waals surface area contributed by atoms with E-state index in [-0.39, 0.29) is 23.8 Å². The smallest absolute Gasteiger partial charge is 0.245 e. The largest absolute Gasteiger partial charge is 0.353 e. The number of amides is 3. The van der Waals surface area contributed by atoms with E-state index in [1.807, 2.05) is 19.9 Å². The Morgan fingerprint density at radius 3 is 2.65 bits per heavy atom. The van der Waals surface area contributed by atoms with E-state index in [1.165, 1.54) is 10.4 Å². The van der Waals surface area contributed by atoms with Gasteiger partial charge in [0.05, 0.1) is 5.41 Å². The fourth-order valence-corrected chi connectivity index (χ4v) is 5.26. The monoisotopic (exact) mass is 439 g/mol. The van der Waals surface area contributed by atoms with Gasteiger partial charge in [-0.05, 0) is 55.7 Å². The minimum atomic E-state index is -0.660. The number of hydrogen-bond donors (Lipinski definition) is 2. The van der Waals surface area contributed by atoms with Gasteiger partial charge in [-0.25, -0.2) is 0 Å². The summed E-state index contributed by atoms with van der Waals surface area (Å²) in [6.45, 7) is 4.81. The van der Waals surface area contributed by atoms with Crippen LogP contribution < -0.4 is 10.6 Å². The second-order valence-corrected chi connectivity index (χ2v) is 9.88. The van der Waals surface area contributed by atoms with Crippen LogP contribution in [-0.2, 0) is 20.8 Å². The molecular formula is C24H29N3O3S. The Bertz CT molecular complexity index is 955. The Morgan fingerprint density at radius 2 is 2.03 bits per heavy atom. The van der Waals surface area contributed by atoms with Crippen LogP contribution in [0.3, 0.4) is 0 Å². The second kappa shape index (κ2) is 8.83. The van der Waals surface area contributed by atoms with Crippen molar-refractivity contribution in [2.45, 2.75) is 51.6 Å². The summed E-state index contributed by atoms with van der Waals surface area (Å²) in [5.41, 5.74) is 1.59. The predicted octanol–water partition coefficient (Wildman–Crippen LogP) is 2.98. The van der Waals surface area contributed by atoms with Gasteiger partial charge < -0.3 is 15.5 Å². The van der Waals surface area contributed by atoms with E-state index in [4.69, 9.17) is 0 Å². The molecule has 0 aliphatic carbocycles. The SMILES string of the molecule is CC(C)NC(=O)[C@]1(Cc2ccc(-c3cccs3)cc2)CCN(C(=O)[C@@H]2CCC(=O)N2)C1. The van der Waals surface area contributed by atoms with Gasteiger partial charge in [-0.15, -0.1) is 11.3 Å². The molecule has 2 N–H and O–H groups in total. The zero-order chi connectivity index (χ0) is 22.0. The van der Waals surface area contributed by atoms with Crippen LogP contribution in [0.2, 0.25) is 0 Å². The van der Waals surface area contributed by atoms with Gasteiger partial charge in [0.15, 0.2) is 0 Å². The fraction of sp³-hybridized carbons (Fsp3) is 0.458. The lowest BCUT2D eigenvalue weighted by atomic mass is 9.79. The van der Waals surface area contributed by atoms with Crippen molar-refractivity contribution in [1.82, 2.24) is 15.5 Å². The molecule has 6 nitrogen and oxygen atoms in total. The average molecular weight is 440 g/mol. The first-order chi connectivity index (χ1) is 14.9. The normalized spacial score (nSPS) is 23.3. The van der Waals surface area contributed by atoms with Crippen LogP contribution >= 0.6 is 11.3 Å². The second-order valence-electron chi connectivity index (χ2n) is 8.93. The molecule has 3 heterocycles. The number of hydrogen-bond acceptors (Lipinski definition) is 4. The van der Waals surface area contributed by atoms with Crippen molar-refractivity contribution in [3.05, 3.63) is 47.3 Å². The lowest BCUT2D eigenvalue weighted by Crippen LogP contribution is -2.49. The summed E-state index contributed by atoms with van der Waals surface area (Å²) in [7, 11) is 0. The molecule has 4 rings (SSSR count). The van der Waals surface area contributed by atoms with Gasteiger partial charge in [0.2, 0.25) is 17.7 Å². The number of carbonyl (C=O) groups excluding carboxylic acids is 3. The molecule has 2 fully saturated rings. The molecule has 2 aliphatic heterocycles. The Hall–Kier alpha value is -2.67. The number of nitrogens with zero attached hydrogens (tertiary/aromatic N) is 1. The van der Waals surface area contributed by atoms with E-state index in [0.29, 0.717) is 38.8 Å². The quantitative estimate of drug-likeness (QED) is 0.726. The summed E-state index contributed by atoms with van der Waals surface area (Å²) in [5, 5.41) is 7.89. The van der Waals surface area contributed by atoms with Crippen molar-refractivity contribution < 1.29 is 14.4 Å². The first kappa shape index (κ1) is 21.6. The van der Waals surface area contributed by atoms with Gasteiger partial charge in [0.1, 0.15) is 6.04 Å². The van der Waals surface area contributed by atoms with E-state index >= 15 is 0 Å². The third kappa shape index (κ3) is 4.66. The molecule has 2 aliphatic rings.